The van der Waals surface area contributed by atoms with E-state index in [4.69, 9.17) is 9.97 Å². The summed E-state index contributed by atoms with van der Waals surface area (Å²) < 4.78 is 2.20. The molecule has 0 saturated carbocycles. The Hall–Kier alpha value is -5.90. The molecule has 3 aromatic heterocycles. The molecule has 3 heterocycles. The number of fused-ring (bicyclic) bond motifs is 4. The van der Waals surface area contributed by atoms with Crippen LogP contribution in [-0.4, -0.2) is 24.6 Å². The summed E-state index contributed by atoms with van der Waals surface area (Å²) in [4.78, 5) is 14.9. The molecule has 5 nitrogen and oxygen atoms in total. The van der Waals surface area contributed by atoms with Gasteiger partial charge in [0.2, 0.25) is 0 Å². The zero-order valence-electron chi connectivity index (χ0n) is 26.1. The Bertz CT molecular complexity index is 2570. The Balaban J connectivity index is 0.00000348. The molecule has 0 aliphatic heterocycles. The van der Waals surface area contributed by atoms with Crippen LogP contribution in [0.15, 0.2) is 158 Å². The number of para-hydroxylation sites is 1. The summed E-state index contributed by atoms with van der Waals surface area (Å²) in [6.45, 7) is 0. The molecule has 0 radical (unpaired) electrons. The molecule has 1 N–H and O–H groups in total. The second kappa shape index (κ2) is 12.6. The number of aromatic nitrogens is 4. The van der Waals surface area contributed by atoms with Gasteiger partial charge in [0.15, 0.2) is 0 Å². The normalized spacial score (nSPS) is 11.2. The second-order valence-corrected chi connectivity index (χ2v) is 11.8. The number of hydrogen-bond donors (Lipinski definition) is 1. The Kier molecular flexibility index (Phi) is 7.83. The van der Waals surface area contributed by atoms with Gasteiger partial charge in [-0.2, -0.15) is 0 Å². The molecule has 9 aromatic rings. The fourth-order valence-corrected chi connectivity index (χ4v) is 6.69. The summed E-state index contributed by atoms with van der Waals surface area (Å²) in [5, 5.41) is 15.4. The quantitative estimate of drug-likeness (QED) is 0.139. The van der Waals surface area contributed by atoms with Crippen molar-refractivity contribution in [3.8, 4) is 56.5 Å². The SMILES string of the molecule is Oc1cccc2ccc3ccc(-c4cn(-c5c(-c6ccccc6)cccc5-c5ccccc5)c(-c5cccc6ccn[c-]c56)n4)nc3c12.[Pt]. The van der Waals surface area contributed by atoms with Gasteiger partial charge in [-0.3, -0.25) is 0 Å². The molecule has 0 bridgehead atoms. The van der Waals surface area contributed by atoms with Gasteiger partial charge in [0, 0.05) is 49.2 Å². The van der Waals surface area contributed by atoms with Crippen molar-refractivity contribution in [3.05, 3.63) is 164 Å². The Morgan fingerprint density at radius 3 is 1.92 bits per heavy atom. The van der Waals surface area contributed by atoms with Crippen molar-refractivity contribution in [3.63, 3.8) is 0 Å². The van der Waals surface area contributed by atoms with Crippen LogP contribution in [0, 0.1) is 6.20 Å². The van der Waals surface area contributed by atoms with Crippen LogP contribution in [0.4, 0.5) is 0 Å². The minimum atomic E-state index is 0. The van der Waals surface area contributed by atoms with Gasteiger partial charge in [0.25, 0.3) is 0 Å². The van der Waals surface area contributed by atoms with Gasteiger partial charge >= 0.3 is 0 Å². The van der Waals surface area contributed by atoms with Crippen LogP contribution < -0.4 is 0 Å². The molecule has 0 saturated heterocycles. The van der Waals surface area contributed by atoms with Crippen molar-refractivity contribution in [2.75, 3.05) is 0 Å². The monoisotopic (exact) mass is 810 g/mol. The number of phenolic OH excluding ortho intramolecular Hbond substituents is 1. The number of pyridine rings is 2. The molecule has 0 fully saturated rings. The molecular formula is C43H27N4OPt-. The molecule has 6 heteroatoms. The third kappa shape index (κ3) is 5.29. The van der Waals surface area contributed by atoms with Gasteiger partial charge in [0.05, 0.1) is 16.9 Å². The van der Waals surface area contributed by atoms with Crippen LogP contribution in [0.3, 0.4) is 0 Å². The first kappa shape index (κ1) is 30.4. The Labute approximate surface area is 297 Å². The van der Waals surface area contributed by atoms with E-state index in [2.05, 4.69) is 107 Å². The predicted octanol–water partition coefficient (Wildman–Crippen LogP) is 10.3. The van der Waals surface area contributed by atoms with Gasteiger partial charge < -0.3 is 14.7 Å². The first-order valence-corrected chi connectivity index (χ1v) is 15.8. The summed E-state index contributed by atoms with van der Waals surface area (Å²) in [5.41, 5.74) is 8.43. The van der Waals surface area contributed by atoms with E-state index in [1.54, 1.807) is 12.3 Å². The van der Waals surface area contributed by atoms with Crippen LogP contribution in [-0.2, 0) is 21.1 Å². The van der Waals surface area contributed by atoms with E-state index in [1.807, 2.05) is 54.6 Å². The molecular weight excluding hydrogens is 784 g/mol. The number of nitrogens with zero attached hydrogens (tertiary/aromatic N) is 4. The van der Waals surface area contributed by atoms with Gasteiger partial charge in [-0.1, -0.05) is 139 Å². The zero-order chi connectivity index (χ0) is 32.0. The maximum atomic E-state index is 10.9. The summed E-state index contributed by atoms with van der Waals surface area (Å²) in [6, 6.07) is 49.2. The number of benzene rings is 6. The second-order valence-electron chi connectivity index (χ2n) is 11.8. The van der Waals surface area contributed by atoms with E-state index in [9.17, 15) is 5.11 Å². The molecule has 0 spiro atoms. The molecule has 49 heavy (non-hydrogen) atoms. The van der Waals surface area contributed by atoms with Crippen LogP contribution in [0.5, 0.6) is 5.75 Å². The number of hydrogen-bond acceptors (Lipinski definition) is 4. The standard InChI is InChI=1S/C43H27N4O.Pt/c48-39-19-8-15-31-20-21-32-22-23-37(45-41(32)40(31)39)38-27-47(43(46-38)35-18-7-14-30-24-25-44-26-36(30)35)42-33(28-10-3-1-4-11-28)16-9-17-34(42)29-12-5-2-6-13-29;/h1-25,27,48H;/q-1;. The van der Waals surface area contributed by atoms with Crippen LogP contribution >= 0.6 is 0 Å². The number of aromatic hydroxyl groups is 1. The summed E-state index contributed by atoms with van der Waals surface area (Å²) in [6.07, 6.45) is 7.09. The smallest absolute Gasteiger partial charge is 0.125 e. The first-order chi connectivity index (χ1) is 23.7. The van der Waals surface area contributed by atoms with E-state index < -0.39 is 0 Å². The summed E-state index contributed by atoms with van der Waals surface area (Å²) in [7, 11) is 0. The van der Waals surface area contributed by atoms with E-state index >= 15 is 0 Å². The van der Waals surface area contributed by atoms with E-state index in [0.29, 0.717) is 11.4 Å². The predicted molar refractivity (Wildman–Crippen MR) is 194 cm³/mol. The van der Waals surface area contributed by atoms with Crippen molar-refractivity contribution >= 4 is 32.4 Å². The van der Waals surface area contributed by atoms with Gasteiger partial charge in [-0.25, -0.2) is 9.97 Å². The number of imidazole rings is 1. The van der Waals surface area contributed by atoms with Crippen molar-refractivity contribution < 1.29 is 26.2 Å². The van der Waals surface area contributed by atoms with Gasteiger partial charge in [-0.15, -0.1) is 16.8 Å². The third-order valence-corrected chi connectivity index (χ3v) is 8.94. The zero-order valence-corrected chi connectivity index (χ0v) is 28.3. The minimum Gasteiger partial charge on any atom is -0.507 e. The van der Waals surface area contributed by atoms with E-state index in [-0.39, 0.29) is 26.8 Å². The van der Waals surface area contributed by atoms with Crippen LogP contribution in [0.25, 0.3) is 83.2 Å². The van der Waals surface area contributed by atoms with Crippen molar-refractivity contribution in [1.82, 2.24) is 19.5 Å². The topological polar surface area (TPSA) is 63.8 Å². The molecule has 0 aliphatic carbocycles. The minimum absolute atomic E-state index is 0. The molecule has 236 valence electrons. The maximum absolute atomic E-state index is 10.9. The molecule has 0 aliphatic rings. The number of rotatable bonds is 5. The fourth-order valence-electron chi connectivity index (χ4n) is 6.69. The largest absolute Gasteiger partial charge is 0.507 e. The molecule has 6 aromatic carbocycles. The Morgan fingerprint density at radius 2 is 1.16 bits per heavy atom. The number of phenols is 1. The fraction of sp³-hybridized carbons (Fsp3) is 0. The molecule has 0 atom stereocenters. The van der Waals surface area contributed by atoms with Gasteiger partial charge in [-0.05, 0) is 34.8 Å². The molecule has 0 unspecified atom stereocenters. The summed E-state index contributed by atoms with van der Waals surface area (Å²) in [5.74, 6) is 0.958. The third-order valence-electron chi connectivity index (χ3n) is 8.94. The first-order valence-electron chi connectivity index (χ1n) is 15.8. The maximum Gasteiger partial charge on any atom is 0.125 e. The Morgan fingerprint density at radius 1 is 0.531 bits per heavy atom. The summed E-state index contributed by atoms with van der Waals surface area (Å²) >= 11 is 0. The van der Waals surface area contributed by atoms with Crippen LogP contribution in [0.2, 0.25) is 0 Å². The van der Waals surface area contributed by atoms with Crippen molar-refractivity contribution in [1.29, 1.82) is 0 Å². The molecule has 9 rings (SSSR count). The van der Waals surface area contributed by atoms with Crippen LogP contribution in [0.1, 0.15) is 0 Å². The van der Waals surface area contributed by atoms with Gasteiger partial charge in [0.1, 0.15) is 17.3 Å². The van der Waals surface area contributed by atoms with Crippen molar-refractivity contribution in [2.24, 2.45) is 0 Å². The van der Waals surface area contributed by atoms with Crippen molar-refractivity contribution in [2.45, 2.75) is 0 Å². The average Bonchev–Trinajstić information content (AvgIpc) is 3.60. The molecule has 0 amide bonds. The van der Waals surface area contributed by atoms with E-state index in [0.717, 1.165) is 71.8 Å². The average molecular weight is 811 g/mol. The van der Waals surface area contributed by atoms with E-state index in [1.165, 1.54) is 0 Å².